The Morgan fingerprint density at radius 1 is 0.500 bits per heavy atom. The molecular formula is C24H14BNO2. The van der Waals surface area contributed by atoms with Crippen molar-refractivity contribution in [2.45, 2.75) is 0 Å². The number of nitrogens with zero attached hydrogens (tertiary/aromatic N) is 1. The molecule has 4 heteroatoms. The summed E-state index contributed by atoms with van der Waals surface area (Å²) in [5, 5.41) is 0. The van der Waals surface area contributed by atoms with Crippen molar-refractivity contribution in [1.29, 1.82) is 0 Å². The summed E-state index contributed by atoms with van der Waals surface area (Å²) in [5.74, 6) is 3.46. The third kappa shape index (κ3) is 1.66. The van der Waals surface area contributed by atoms with Crippen molar-refractivity contribution in [3.05, 3.63) is 84.9 Å². The van der Waals surface area contributed by atoms with E-state index >= 15 is 0 Å². The normalized spacial score (nSPS) is 14.1. The number of hydrogen-bond acceptors (Lipinski definition) is 3. The van der Waals surface area contributed by atoms with Crippen molar-refractivity contribution in [1.82, 2.24) is 0 Å². The Labute approximate surface area is 162 Å². The van der Waals surface area contributed by atoms with Crippen LogP contribution in [0.5, 0.6) is 23.0 Å². The molecule has 0 atom stereocenters. The molecule has 0 saturated heterocycles. The predicted molar refractivity (Wildman–Crippen MR) is 112 cm³/mol. The lowest BCUT2D eigenvalue weighted by molar-refractivity contribution is 0.446. The lowest BCUT2D eigenvalue weighted by Gasteiger charge is -2.44. The van der Waals surface area contributed by atoms with Crippen molar-refractivity contribution in [3.63, 3.8) is 0 Å². The van der Waals surface area contributed by atoms with Crippen LogP contribution in [0.25, 0.3) is 0 Å². The van der Waals surface area contributed by atoms with Crippen molar-refractivity contribution >= 4 is 40.2 Å². The zero-order valence-electron chi connectivity index (χ0n) is 14.9. The van der Waals surface area contributed by atoms with Crippen LogP contribution in [0.15, 0.2) is 84.9 Å². The third-order valence-corrected chi connectivity index (χ3v) is 5.89. The molecule has 4 aromatic rings. The molecule has 7 rings (SSSR count). The smallest absolute Gasteiger partial charge is 0.247 e. The van der Waals surface area contributed by atoms with E-state index in [-0.39, 0.29) is 6.71 Å². The van der Waals surface area contributed by atoms with Gasteiger partial charge in [0.25, 0.3) is 0 Å². The fourth-order valence-electron chi connectivity index (χ4n) is 4.82. The average Bonchev–Trinajstić information content (AvgIpc) is 2.75. The Kier molecular flexibility index (Phi) is 2.57. The molecule has 0 radical (unpaired) electrons. The Morgan fingerprint density at radius 3 is 1.57 bits per heavy atom. The van der Waals surface area contributed by atoms with Gasteiger partial charge in [0.15, 0.2) is 23.0 Å². The van der Waals surface area contributed by atoms with Gasteiger partial charge in [-0.3, -0.25) is 4.90 Å². The minimum atomic E-state index is 0.140. The van der Waals surface area contributed by atoms with E-state index in [1.54, 1.807) is 0 Å². The summed E-state index contributed by atoms with van der Waals surface area (Å²) < 4.78 is 12.6. The summed E-state index contributed by atoms with van der Waals surface area (Å²) in [6.45, 7) is 0.140. The molecule has 0 N–H and O–H groups in total. The second-order valence-electron chi connectivity index (χ2n) is 7.37. The van der Waals surface area contributed by atoms with E-state index in [1.165, 1.54) is 16.4 Å². The van der Waals surface area contributed by atoms with Crippen LogP contribution in [0.3, 0.4) is 0 Å². The van der Waals surface area contributed by atoms with Gasteiger partial charge in [-0.1, -0.05) is 66.1 Å². The highest BCUT2D eigenvalue weighted by atomic mass is 16.5. The largest absolute Gasteiger partial charge is 0.453 e. The lowest BCUT2D eigenvalue weighted by Crippen LogP contribution is -2.57. The van der Waals surface area contributed by atoms with Crippen LogP contribution in [-0.4, -0.2) is 6.71 Å². The molecular weight excluding hydrogens is 345 g/mol. The first kappa shape index (κ1) is 14.4. The molecule has 0 fully saturated rings. The maximum atomic E-state index is 6.31. The van der Waals surface area contributed by atoms with Crippen LogP contribution < -0.4 is 30.8 Å². The number of rotatable bonds is 1. The van der Waals surface area contributed by atoms with Crippen LogP contribution in [0.1, 0.15) is 0 Å². The summed E-state index contributed by atoms with van der Waals surface area (Å²) in [6, 6.07) is 29.4. The SMILES string of the molecule is c1ccc(B2c3cccc4c3N3c5c(cccc5Oc5cccc2c53)O4)cc1. The van der Waals surface area contributed by atoms with Crippen molar-refractivity contribution in [2.75, 3.05) is 4.90 Å². The van der Waals surface area contributed by atoms with Gasteiger partial charge in [0.1, 0.15) is 5.69 Å². The van der Waals surface area contributed by atoms with Crippen LogP contribution in [0, 0.1) is 0 Å². The zero-order chi connectivity index (χ0) is 18.2. The summed E-state index contributed by atoms with van der Waals surface area (Å²) in [7, 11) is 0. The van der Waals surface area contributed by atoms with Gasteiger partial charge in [0.05, 0.1) is 11.4 Å². The number of hydrogen-bond donors (Lipinski definition) is 0. The molecule has 3 heterocycles. The fourth-order valence-corrected chi connectivity index (χ4v) is 4.82. The maximum absolute atomic E-state index is 6.31. The molecule has 3 aliphatic rings. The van der Waals surface area contributed by atoms with Crippen molar-refractivity contribution in [2.24, 2.45) is 0 Å². The molecule has 0 aromatic heterocycles. The third-order valence-electron chi connectivity index (χ3n) is 5.89. The van der Waals surface area contributed by atoms with Gasteiger partial charge >= 0.3 is 0 Å². The first-order valence-electron chi connectivity index (χ1n) is 9.50. The highest BCUT2D eigenvalue weighted by Crippen LogP contribution is 2.59. The lowest BCUT2D eigenvalue weighted by atomic mass is 9.35. The topological polar surface area (TPSA) is 21.7 Å². The minimum absolute atomic E-state index is 0.140. The van der Waals surface area contributed by atoms with E-state index in [4.69, 9.17) is 9.47 Å². The molecule has 28 heavy (non-hydrogen) atoms. The van der Waals surface area contributed by atoms with Gasteiger partial charge in [-0.2, -0.15) is 0 Å². The summed E-state index contributed by atoms with van der Waals surface area (Å²) in [4.78, 5) is 2.34. The van der Waals surface area contributed by atoms with E-state index in [0.717, 1.165) is 40.1 Å². The summed E-state index contributed by atoms with van der Waals surface area (Å²) in [5.41, 5.74) is 7.04. The number of benzene rings is 4. The minimum Gasteiger partial charge on any atom is -0.453 e. The highest BCUT2D eigenvalue weighted by Gasteiger charge is 2.44. The van der Waals surface area contributed by atoms with Gasteiger partial charge < -0.3 is 9.47 Å². The molecule has 0 saturated carbocycles. The monoisotopic (exact) mass is 359 g/mol. The molecule has 0 amide bonds. The van der Waals surface area contributed by atoms with E-state index in [2.05, 4.69) is 71.6 Å². The molecule has 3 nitrogen and oxygen atoms in total. The molecule has 0 bridgehead atoms. The first-order valence-corrected chi connectivity index (χ1v) is 9.50. The average molecular weight is 359 g/mol. The Hall–Kier alpha value is -3.66. The van der Waals surface area contributed by atoms with Gasteiger partial charge in [-0.15, -0.1) is 0 Å². The number of anilines is 3. The van der Waals surface area contributed by atoms with Gasteiger partial charge in [-0.05, 0) is 35.2 Å². The van der Waals surface area contributed by atoms with E-state index in [1.807, 2.05) is 18.2 Å². The Bertz CT molecular complexity index is 1210. The Balaban J connectivity index is 1.63. The maximum Gasteiger partial charge on any atom is 0.247 e. The van der Waals surface area contributed by atoms with Crippen molar-refractivity contribution in [3.8, 4) is 23.0 Å². The van der Waals surface area contributed by atoms with E-state index < -0.39 is 0 Å². The second kappa shape index (κ2) is 4.99. The zero-order valence-corrected chi connectivity index (χ0v) is 14.9. The first-order chi connectivity index (χ1) is 13.9. The van der Waals surface area contributed by atoms with E-state index in [0.29, 0.717) is 0 Å². The van der Waals surface area contributed by atoms with Crippen molar-refractivity contribution < 1.29 is 9.47 Å². The molecule has 3 aliphatic heterocycles. The summed E-state index contributed by atoms with van der Waals surface area (Å²) >= 11 is 0. The van der Waals surface area contributed by atoms with Crippen LogP contribution in [-0.2, 0) is 0 Å². The summed E-state index contributed by atoms with van der Waals surface area (Å²) in [6.07, 6.45) is 0. The second-order valence-corrected chi connectivity index (χ2v) is 7.37. The number of para-hydroxylation sites is 3. The quantitative estimate of drug-likeness (QED) is 0.410. The fraction of sp³-hybridized carbons (Fsp3) is 0. The van der Waals surface area contributed by atoms with Gasteiger partial charge in [0.2, 0.25) is 6.71 Å². The van der Waals surface area contributed by atoms with Crippen LogP contribution in [0.4, 0.5) is 17.1 Å². The predicted octanol–water partition coefficient (Wildman–Crippen LogP) is 4.20. The molecule has 0 unspecified atom stereocenters. The molecule has 130 valence electrons. The molecule has 4 aromatic carbocycles. The highest BCUT2D eigenvalue weighted by molar-refractivity contribution is 6.98. The van der Waals surface area contributed by atoms with Crippen LogP contribution in [0.2, 0.25) is 0 Å². The van der Waals surface area contributed by atoms with E-state index in [9.17, 15) is 0 Å². The molecule has 0 spiro atoms. The van der Waals surface area contributed by atoms with Crippen LogP contribution >= 0.6 is 0 Å². The number of ether oxygens (including phenoxy) is 2. The standard InChI is InChI=1S/C24H14BNO2/c1-2-7-15(8-3-1)25-16-9-4-11-18-22(16)26-23-17(25)10-5-12-19(23)28-21-14-6-13-20(27-18)24(21)26/h1-14H. The molecule has 0 aliphatic carbocycles. The van der Waals surface area contributed by atoms with Gasteiger partial charge in [-0.25, -0.2) is 0 Å². The van der Waals surface area contributed by atoms with Gasteiger partial charge in [0, 0.05) is 0 Å². The Morgan fingerprint density at radius 2 is 1.00 bits per heavy atom.